The first-order valence-corrected chi connectivity index (χ1v) is 8.11. The molecule has 3 amide bonds. The van der Waals surface area contributed by atoms with Gasteiger partial charge in [-0.05, 0) is 44.5 Å². The Bertz CT molecular complexity index is 669. The highest BCUT2D eigenvalue weighted by molar-refractivity contribution is 5.91. The summed E-state index contributed by atoms with van der Waals surface area (Å²) in [6.45, 7) is 5.36. The zero-order chi connectivity index (χ0) is 19.6. The van der Waals surface area contributed by atoms with Gasteiger partial charge >= 0.3 is 6.09 Å². The number of ether oxygens (including phenoxy) is 1. The second kappa shape index (κ2) is 10.2. The lowest BCUT2D eigenvalue weighted by Crippen LogP contribution is -2.41. The Morgan fingerprint density at radius 2 is 1.81 bits per heavy atom. The zero-order valence-electron chi connectivity index (χ0n) is 15.1. The Morgan fingerprint density at radius 3 is 2.46 bits per heavy atom. The van der Waals surface area contributed by atoms with E-state index in [1.807, 2.05) is 0 Å². The number of benzene rings is 1. The van der Waals surface area contributed by atoms with Crippen LogP contribution in [0.2, 0.25) is 0 Å². The lowest BCUT2D eigenvalue weighted by molar-refractivity contribution is -0.120. The topological polar surface area (TPSA) is 96.5 Å². The minimum Gasteiger partial charge on any atom is -0.444 e. The third-order valence-corrected chi connectivity index (χ3v) is 2.81. The number of hydrogen-bond acceptors (Lipinski definition) is 4. The maximum absolute atomic E-state index is 13.0. The molecular formula is C18H24FN3O4. The van der Waals surface area contributed by atoms with Gasteiger partial charge in [-0.2, -0.15) is 0 Å². The van der Waals surface area contributed by atoms with Gasteiger partial charge in [-0.1, -0.05) is 12.1 Å². The van der Waals surface area contributed by atoms with Gasteiger partial charge in [-0.25, -0.2) is 9.18 Å². The van der Waals surface area contributed by atoms with E-state index in [9.17, 15) is 18.8 Å². The Balaban J connectivity index is 2.18. The third-order valence-electron chi connectivity index (χ3n) is 2.81. The monoisotopic (exact) mass is 365 g/mol. The first-order chi connectivity index (χ1) is 12.2. The largest absolute Gasteiger partial charge is 0.444 e. The summed E-state index contributed by atoms with van der Waals surface area (Å²) in [4.78, 5) is 34.6. The maximum atomic E-state index is 13.0. The molecule has 1 rings (SSSR count). The first-order valence-electron chi connectivity index (χ1n) is 8.11. The van der Waals surface area contributed by atoms with Crippen molar-refractivity contribution < 1.29 is 23.5 Å². The minimum atomic E-state index is -0.677. The molecule has 0 radical (unpaired) electrons. The van der Waals surface area contributed by atoms with Crippen LogP contribution in [0.3, 0.4) is 0 Å². The number of halogens is 1. The molecule has 0 heterocycles. The molecule has 0 saturated heterocycles. The molecule has 0 atom stereocenters. The number of carbonyl (C=O) groups is 3. The van der Waals surface area contributed by atoms with Crippen LogP contribution in [0.4, 0.5) is 9.18 Å². The van der Waals surface area contributed by atoms with Gasteiger partial charge in [0.2, 0.25) is 11.8 Å². The molecule has 0 fully saturated rings. The summed E-state index contributed by atoms with van der Waals surface area (Å²) >= 11 is 0. The Kier molecular flexibility index (Phi) is 8.27. The fourth-order valence-electron chi connectivity index (χ4n) is 1.76. The van der Waals surface area contributed by atoms with Crippen molar-refractivity contribution in [2.75, 3.05) is 19.6 Å². The Morgan fingerprint density at radius 1 is 1.12 bits per heavy atom. The number of rotatable bonds is 7. The molecule has 1 aromatic rings. The first kappa shape index (κ1) is 21.1. The van der Waals surface area contributed by atoms with Gasteiger partial charge in [0.15, 0.2) is 0 Å². The van der Waals surface area contributed by atoms with Crippen LogP contribution in [0.25, 0.3) is 6.08 Å². The summed E-state index contributed by atoms with van der Waals surface area (Å²) in [5.74, 6) is -1.15. The minimum absolute atomic E-state index is 0.203. The normalized spacial score (nSPS) is 11.1. The molecule has 142 valence electrons. The van der Waals surface area contributed by atoms with E-state index in [-0.39, 0.29) is 31.4 Å². The van der Waals surface area contributed by atoms with E-state index in [1.54, 1.807) is 32.9 Å². The molecule has 0 bridgehead atoms. The van der Waals surface area contributed by atoms with E-state index in [0.717, 1.165) is 0 Å². The molecule has 0 spiro atoms. The molecule has 7 nitrogen and oxygen atoms in total. The highest BCUT2D eigenvalue weighted by Gasteiger charge is 2.16. The summed E-state index contributed by atoms with van der Waals surface area (Å²) < 4.78 is 18.0. The van der Waals surface area contributed by atoms with Crippen LogP contribution in [0, 0.1) is 5.82 Å². The number of hydrogen-bond donors (Lipinski definition) is 3. The van der Waals surface area contributed by atoms with Crippen LogP contribution >= 0.6 is 0 Å². The van der Waals surface area contributed by atoms with Gasteiger partial charge in [-0.15, -0.1) is 0 Å². The van der Waals surface area contributed by atoms with E-state index in [0.29, 0.717) is 5.56 Å². The SMILES string of the molecule is CC(C)(C)OC(=O)NCC(=O)NCCNC(=O)/C=C/c1cccc(F)c1. The molecule has 3 N–H and O–H groups in total. The molecule has 0 aliphatic rings. The number of alkyl carbamates (subject to hydrolysis) is 1. The van der Waals surface area contributed by atoms with Crippen molar-refractivity contribution in [1.82, 2.24) is 16.0 Å². The van der Waals surface area contributed by atoms with E-state index in [1.165, 1.54) is 24.3 Å². The predicted molar refractivity (Wildman–Crippen MR) is 95.7 cm³/mol. The summed E-state index contributed by atoms with van der Waals surface area (Å²) in [6, 6.07) is 5.85. The van der Waals surface area contributed by atoms with Gasteiger partial charge in [-0.3, -0.25) is 9.59 Å². The van der Waals surface area contributed by atoms with Crippen LogP contribution < -0.4 is 16.0 Å². The summed E-state index contributed by atoms with van der Waals surface area (Å²) in [6.07, 6.45) is 2.09. The van der Waals surface area contributed by atoms with Crippen LogP contribution in [0.15, 0.2) is 30.3 Å². The fourth-order valence-corrected chi connectivity index (χ4v) is 1.76. The summed E-state index contributed by atoms with van der Waals surface area (Å²) in [7, 11) is 0. The summed E-state index contributed by atoms with van der Waals surface area (Å²) in [5.41, 5.74) is -0.0641. The van der Waals surface area contributed by atoms with Crippen molar-refractivity contribution in [3.8, 4) is 0 Å². The zero-order valence-corrected chi connectivity index (χ0v) is 15.1. The Labute approximate surface area is 152 Å². The summed E-state index contributed by atoms with van der Waals surface area (Å²) in [5, 5.41) is 7.44. The van der Waals surface area contributed by atoms with Gasteiger partial charge in [0.05, 0.1) is 6.54 Å². The molecule has 0 saturated carbocycles. The van der Waals surface area contributed by atoms with Crippen molar-refractivity contribution in [2.45, 2.75) is 26.4 Å². The molecule has 1 aromatic carbocycles. The number of nitrogens with one attached hydrogen (secondary N) is 3. The maximum Gasteiger partial charge on any atom is 0.408 e. The second-order valence-corrected chi connectivity index (χ2v) is 6.38. The van der Waals surface area contributed by atoms with Crippen molar-refractivity contribution in [3.05, 3.63) is 41.7 Å². The quantitative estimate of drug-likeness (QED) is 0.505. The van der Waals surface area contributed by atoms with E-state index in [4.69, 9.17) is 4.74 Å². The van der Waals surface area contributed by atoms with Gasteiger partial charge in [0, 0.05) is 19.2 Å². The highest BCUT2D eigenvalue weighted by Crippen LogP contribution is 2.06. The highest BCUT2D eigenvalue weighted by atomic mass is 19.1. The number of amides is 3. The molecule has 0 aliphatic heterocycles. The van der Waals surface area contributed by atoms with Crippen molar-refractivity contribution in [3.63, 3.8) is 0 Å². The molecule has 0 aliphatic carbocycles. The predicted octanol–water partition coefficient (Wildman–Crippen LogP) is 1.60. The van der Waals surface area contributed by atoms with Crippen LogP contribution in [0.1, 0.15) is 26.3 Å². The number of carbonyl (C=O) groups excluding carboxylic acids is 3. The lowest BCUT2D eigenvalue weighted by Gasteiger charge is -2.19. The molecule has 0 aromatic heterocycles. The molecular weight excluding hydrogens is 341 g/mol. The molecule has 8 heteroatoms. The van der Waals surface area contributed by atoms with Crippen LogP contribution in [-0.2, 0) is 14.3 Å². The van der Waals surface area contributed by atoms with Crippen LogP contribution in [0.5, 0.6) is 0 Å². The Hall–Kier alpha value is -2.90. The van der Waals surface area contributed by atoms with Gasteiger partial charge in [0.1, 0.15) is 11.4 Å². The average Bonchev–Trinajstić information content (AvgIpc) is 2.53. The molecule has 26 heavy (non-hydrogen) atoms. The van der Waals surface area contributed by atoms with Gasteiger partial charge in [0.25, 0.3) is 0 Å². The van der Waals surface area contributed by atoms with E-state index < -0.39 is 17.6 Å². The second-order valence-electron chi connectivity index (χ2n) is 6.38. The van der Waals surface area contributed by atoms with Crippen molar-refractivity contribution in [2.24, 2.45) is 0 Å². The van der Waals surface area contributed by atoms with Crippen molar-refractivity contribution >= 4 is 24.0 Å². The van der Waals surface area contributed by atoms with Crippen molar-refractivity contribution in [1.29, 1.82) is 0 Å². The van der Waals surface area contributed by atoms with Gasteiger partial charge < -0.3 is 20.7 Å². The molecule has 0 unspecified atom stereocenters. The fraction of sp³-hybridized carbons (Fsp3) is 0.389. The third kappa shape index (κ3) is 10.1. The standard InChI is InChI=1S/C18H24FN3O4/c1-18(2,3)26-17(25)22-12-16(24)21-10-9-20-15(23)8-7-13-5-4-6-14(19)11-13/h4-8,11H,9-10,12H2,1-3H3,(H,20,23)(H,21,24)(H,22,25)/b8-7+. The average molecular weight is 365 g/mol. The van der Waals surface area contributed by atoms with Crippen LogP contribution in [-0.4, -0.2) is 43.1 Å². The van der Waals surface area contributed by atoms with E-state index >= 15 is 0 Å². The lowest BCUT2D eigenvalue weighted by atomic mass is 10.2. The smallest absolute Gasteiger partial charge is 0.408 e. The van der Waals surface area contributed by atoms with E-state index in [2.05, 4.69) is 16.0 Å².